The first-order chi connectivity index (χ1) is 11.0. The summed E-state index contributed by atoms with van der Waals surface area (Å²) in [7, 11) is 0. The molecule has 2 unspecified atom stereocenters. The van der Waals surface area contributed by atoms with E-state index in [9.17, 15) is 14.0 Å². The molecule has 1 aliphatic carbocycles. The molecule has 4 nitrogen and oxygen atoms in total. The van der Waals surface area contributed by atoms with E-state index < -0.39 is 0 Å². The number of carbonyl (C=O) groups excluding carboxylic acids is 2. The smallest absolute Gasteiger partial charge is 0.228 e. The highest BCUT2D eigenvalue weighted by Gasteiger charge is 2.43. The topological polar surface area (TPSA) is 58.2 Å². The van der Waals surface area contributed by atoms with Crippen molar-refractivity contribution in [3.8, 4) is 0 Å². The molecule has 2 amide bonds. The Bertz CT molecular complexity index is 743. The fraction of sp³-hybridized carbons (Fsp3) is 0.222. The van der Waals surface area contributed by atoms with Crippen molar-refractivity contribution in [3.63, 3.8) is 0 Å². The maximum atomic E-state index is 12.9. The third-order valence-electron chi connectivity index (χ3n) is 3.88. The molecule has 0 saturated heterocycles. The molecule has 1 fully saturated rings. The van der Waals surface area contributed by atoms with E-state index in [4.69, 9.17) is 0 Å². The van der Waals surface area contributed by atoms with Gasteiger partial charge in [-0.15, -0.1) is 0 Å². The molecule has 2 atom stereocenters. The Labute approximate surface area is 133 Å². The summed E-state index contributed by atoms with van der Waals surface area (Å²) in [5, 5.41) is 5.54. The van der Waals surface area contributed by atoms with Crippen LogP contribution in [0.1, 0.15) is 24.8 Å². The molecule has 23 heavy (non-hydrogen) atoms. The van der Waals surface area contributed by atoms with Crippen LogP contribution >= 0.6 is 0 Å². The number of carbonyl (C=O) groups is 2. The van der Waals surface area contributed by atoms with Crippen molar-refractivity contribution < 1.29 is 14.0 Å². The van der Waals surface area contributed by atoms with Crippen molar-refractivity contribution in [1.82, 2.24) is 0 Å². The summed E-state index contributed by atoms with van der Waals surface area (Å²) in [6, 6.07) is 13.3. The molecule has 0 spiro atoms. The summed E-state index contributed by atoms with van der Waals surface area (Å²) in [5.74, 6) is -0.435. The van der Waals surface area contributed by atoms with Crippen LogP contribution in [-0.4, -0.2) is 11.8 Å². The van der Waals surface area contributed by atoms with Crippen molar-refractivity contribution in [3.05, 3.63) is 59.9 Å². The predicted molar refractivity (Wildman–Crippen MR) is 86.6 cm³/mol. The average Bonchev–Trinajstić information content (AvgIpc) is 3.28. The SMILES string of the molecule is CC(=O)Nc1cccc(NC(=O)C2CC2c2ccc(F)cc2)c1. The Hall–Kier alpha value is -2.69. The summed E-state index contributed by atoms with van der Waals surface area (Å²) in [6.07, 6.45) is 0.767. The number of amides is 2. The van der Waals surface area contributed by atoms with E-state index in [1.165, 1.54) is 19.1 Å². The molecular formula is C18H17FN2O2. The van der Waals surface area contributed by atoms with Gasteiger partial charge in [0.15, 0.2) is 0 Å². The van der Waals surface area contributed by atoms with E-state index in [0.29, 0.717) is 11.4 Å². The van der Waals surface area contributed by atoms with Crippen molar-refractivity contribution in [2.24, 2.45) is 5.92 Å². The van der Waals surface area contributed by atoms with Crippen molar-refractivity contribution in [2.45, 2.75) is 19.3 Å². The van der Waals surface area contributed by atoms with E-state index >= 15 is 0 Å². The first kappa shape index (κ1) is 15.2. The Morgan fingerprint density at radius 3 is 2.35 bits per heavy atom. The molecule has 1 aliphatic rings. The Balaban J connectivity index is 1.62. The highest BCUT2D eigenvalue weighted by molar-refractivity contribution is 5.96. The predicted octanol–water partition coefficient (Wildman–Crippen LogP) is 3.53. The van der Waals surface area contributed by atoms with Crippen molar-refractivity contribution in [2.75, 3.05) is 10.6 Å². The van der Waals surface area contributed by atoms with E-state index in [2.05, 4.69) is 10.6 Å². The lowest BCUT2D eigenvalue weighted by Gasteiger charge is -2.08. The lowest BCUT2D eigenvalue weighted by molar-refractivity contribution is -0.117. The molecule has 2 N–H and O–H groups in total. The van der Waals surface area contributed by atoms with Gasteiger partial charge < -0.3 is 10.6 Å². The lowest BCUT2D eigenvalue weighted by Crippen LogP contribution is -2.15. The molecule has 2 aromatic rings. The number of anilines is 2. The second kappa shape index (κ2) is 6.20. The van der Waals surface area contributed by atoms with E-state index in [1.54, 1.807) is 36.4 Å². The maximum Gasteiger partial charge on any atom is 0.228 e. The Morgan fingerprint density at radius 1 is 1.04 bits per heavy atom. The average molecular weight is 312 g/mol. The monoisotopic (exact) mass is 312 g/mol. The first-order valence-corrected chi connectivity index (χ1v) is 7.47. The van der Waals surface area contributed by atoms with Crippen LogP contribution in [0.25, 0.3) is 0 Å². The maximum absolute atomic E-state index is 12.9. The molecule has 0 aliphatic heterocycles. The van der Waals surface area contributed by atoms with E-state index in [0.717, 1.165) is 12.0 Å². The largest absolute Gasteiger partial charge is 0.326 e. The molecule has 0 aromatic heterocycles. The van der Waals surface area contributed by atoms with Gasteiger partial charge in [0.25, 0.3) is 0 Å². The van der Waals surface area contributed by atoms with Gasteiger partial charge in [0, 0.05) is 24.2 Å². The Kier molecular flexibility index (Phi) is 4.10. The number of hydrogen-bond acceptors (Lipinski definition) is 2. The van der Waals surface area contributed by atoms with Gasteiger partial charge in [0.2, 0.25) is 11.8 Å². The molecule has 0 radical (unpaired) electrons. The summed E-state index contributed by atoms with van der Waals surface area (Å²) < 4.78 is 12.9. The Morgan fingerprint density at radius 2 is 1.70 bits per heavy atom. The van der Waals surface area contributed by atoms with Gasteiger partial charge in [-0.3, -0.25) is 9.59 Å². The molecule has 5 heteroatoms. The molecule has 0 heterocycles. The summed E-state index contributed by atoms with van der Waals surface area (Å²) in [4.78, 5) is 23.3. The van der Waals surface area contributed by atoms with Gasteiger partial charge in [0.1, 0.15) is 5.82 Å². The number of nitrogens with one attached hydrogen (secondary N) is 2. The zero-order valence-corrected chi connectivity index (χ0v) is 12.7. The number of benzene rings is 2. The van der Waals surface area contributed by atoms with Crippen LogP contribution in [0.15, 0.2) is 48.5 Å². The van der Waals surface area contributed by atoms with Crippen LogP contribution in [-0.2, 0) is 9.59 Å². The quantitative estimate of drug-likeness (QED) is 0.907. The number of rotatable bonds is 4. The molecule has 2 aromatic carbocycles. The molecule has 3 rings (SSSR count). The van der Waals surface area contributed by atoms with Crippen LogP contribution in [0.5, 0.6) is 0 Å². The van der Waals surface area contributed by atoms with Gasteiger partial charge in [0.05, 0.1) is 0 Å². The fourth-order valence-corrected chi connectivity index (χ4v) is 2.68. The summed E-state index contributed by atoms with van der Waals surface area (Å²) in [5.41, 5.74) is 2.27. The van der Waals surface area contributed by atoms with Crippen LogP contribution in [0.2, 0.25) is 0 Å². The second-order valence-electron chi connectivity index (χ2n) is 5.75. The third kappa shape index (κ3) is 3.74. The van der Waals surface area contributed by atoms with E-state index in [1.807, 2.05) is 0 Å². The first-order valence-electron chi connectivity index (χ1n) is 7.47. The van der Waals surface area contributed by atoms with Gasteiger partial charge in [-0.2, -0.15) is 0 Å². The summed E-state index contributed by atoms with van der Waals surface area (Å²) >= 11 is 0. The summed E-state index contributed by atoms with van der Waals surface area (Å²) in [6.45, 7) is 1.43. The third-order valence-corrected chi connectivity index (χ3v) is 3.88. The minimum atomic E-state index is -0.273. The van der Waals surface area contributed by atoms with Crippen LogP contribution in [0.3, 0.4) is 0 Å². The van der Waals surface area contributed by atoms with Gasteiger partial charge in [-0.25, -0.2) is 4.39 Å². The van der Waals surface area contributed by atoms with E-state index in [-0.39, 0.29) is 29.5 Å². The van der Waals surface area contributed by atoms with Crippen molar-refractivity contribution >= 4 is 23.2 Å². The minimum Gasteiger partial charge on any atom is -0.326 e. The zero-order valence-electron chi connectivity index (χ0n) is 12.7. The number of hydrogen-bond donors (Lipinski definition) is 2. The fourth-order valence-electron chi connectivity index (χ4n) is 2.68. The second-order valence-corrected chi connectivity index (χ2v) is 5.75. The molecule has 118 valence electrons. The van der Waals surface area contributed by atoms with Gasteiger partial charge in [-0.05, 0) is 48.2 Å². The number of halogens is 1. The van der Waals surface area contributed by atoms with Gasteiger partial charge in [-0.1, -0.05) is 18.2 Å². The molecule has 0 bridgehead atoms. The van der Waals surface area contributed by atoms with Gasteiger partial charge >= 0.3 is 0 Å². The minimum absolute atomic E-state index is 0.0562. The van der Waals surface area contributed by atoms with Crippen LogP contribution < -0.4 is 10.6 Å². The lowest BCUT2D eigenvalue weighted by atomic mass is 10.1. The molecule has 1 saturated carbocycles. The molecular weight excluding hydrogens is 295 g/mol. The standard InChI is InChI=1S/C18H17FN2O2/c1-11(22)20-14-3-2-4-15(9-14)21-18(23)17-10-16(17)12-5-7-13(19)8-6-12/h2-9,16-17H,10H2,1H3,(H,20,22)(H,21,23). The van der Waals surface area contributed by atoms with Crippen molar-refractivity contribution in [1.29, 1.82) is 0 Å². The van der Waals surface area contributed by atoms with Crippen LogP contribution in [0.4, 0.5) is 15.8 Å². The van der Waals surface area contributed by atoms with Crippen LogP contribution in [0, 0.1) is 11.7 Å². The highest BCUT2D eigenvalue weighted by atomic mass is 19.1. The normalized spacial score (nSPS) is 19.0. The zero-order chi connectivity index (χ0) is 16.4. The highest BCUT2D eigenvalue weighted by Crippen LogP contribution is 2.48.